The molecule has 6 heteroatoms. The van der Waals surface area contributed by atoms with Crippen molar-refractivity contribution in [3.63, 3.8) is 0 Å². The highest BCUT2D eigenvalue weighted by Gasteiger charge is 2.38. The van der Waals surface area contributed by atoms with Crippen molar-refractivity contribution in [1.29, 1.82) is 0 Å². The maximum absolute atomic E-state index is 12.8. The first-order chi connectivity index (χ1) is 14.6. The molecule has 1 atom stereocenters. The first-order valence-electron chi connectivity index (χ1n) is 10.1. The minimum Gasteiger partial charge on any atom is -0.379 e. The fraction of sp³-hybridized carbons (Fsp3) is 0.208. The van der Waals surface area contributed by atoms with Gasteiger partial charge in [-0.2, -0.15) is 0 Å². The molecule has 0 aliphatic carbocycles. The molecular formula is C24H22N4O2. The zero-order valence-corrected chi connectivity index (χ0v) is 16.5. The first kappa shape index (κ1) is 18.4. The van der Waals surface area contributed by atoms with Gasteiger partial charge in [-0.1, -0.05) is 30.8 Å². The molecule has 3 heterocycles. The predicted octanol–water partition coefficient (Wildman–Crippen LogP) is 3.60. The summed E-state index contributed by atoms with van der Waals surface area (Å²) in [4.78, 5) is 31.5. The lowest BCUT2D eigenvalue weighted by Crippen LogP contribution is -2.49. The van der Waals surface area contributed by atoms with E-state index in [-0.39, 0.29) is 11.8 Å². The van der Waals surface area contributed by atoms with Crippen molar-refractivity contribution in [2.45, 2.75) is 32.0 Å². The summed E-state index contributed by atoms with van der Waals surface area (Å²) in [5.41, 5.74) is 5.18. The number of rotatable bonds is 4. The number of nitrogens with zero attached hydrogens (tertiary/aromatic N) is 2. The Morgan fingerprint density at radius 3 is 2.87 bits per heavy atom. The first-order valence-corrected chi connectivity index (χ1v) is 10.1. The van der Waals surface area contributed by atoms with Crippen LogP contribution in [0.3, 0.4) is 0 Å². The molecule has 1 unspecified atom stereocenters. The number of hydrogen-bond donors (Lipinski definition) is 2. The molecule has 2 aliphatic rings. The fourth-order valence-corrected chi connectivity index (χ4v) is 4.16. The molecule has 6 nitrogen and oxygen atoms in total. The third kappa shape index (κ3) is 3.30. The molecule has 0 saturated carbocycles. The summed E-state index contributed by atoms with van der Waals surface area (Å²) in [6.45, 7) is 4.85. The second kappa shape index (κ2) is 7.30. The Kier molecular flexibility index (Phi) is 4.47. The van der Waals surface area contributed by atoms with Crippen LogP contribution in [-0.4, -0.2) is 27.7 Å². The lowest BCUT2D eigenvalue weighted by molar-refractivity contribution is -0.126. The molecule has 2 N–H and O–H groups in total. The third-order valence-corrected chi connectivity index (χ3v) is 5.77. The lowest BCUT2D eigenvalue weighted by atomic mass is 10.0. The largest absolute Gasteiger partial charge is 0.379 e. The zero-order chi connectivity index (χ0) is 20.7. The summed E-state index contributed by atoms with van der Waals surface area (Å²) in [6, 6.07) is 17.4. The Morgan fingerprint density at radius 1 is 1.13 bits per heavy atom. The monoisotopic (exact) mass is 398 g/mol. The molecule has 3 aromatic rings. The van der Waals surface area contributed by atoms with Crippen molar-refractivity contribution in [3.05, 3.63) is 83.7 Å². The van der Waals surface area contributed by atoms with Gasteiger partial charge in [0.1, 0.15) is 6.04 Å². The summed E-state index contributed by atoms with van der Waals surface area (Å²) in [5.74, 6) is -0.228. The van der Waals surface area contributed by atoms with Gasteiger partial charge in [0.2, 0.25) is 5.91 Å². The van der Waals surface area contributed by atoms with Crippen LogP contribution in [0.4, 0.5) is 5.69 Å². The van der Waals surface area contributed by atoms with Gasteiger partial charge in [0.25, 0.3) is 5.91 Å². The Labute approximate surface area is 174 Å². The molecule has 150 valence electrons. The number of piperidine rings is 1. The average Bonchev–Trinajstić information content (AvgIpc) is 3.08. The van der Waals surface area contributed by atoms with Crippen LogP contribution in [0.5, 0.6) is 0 Å². The number of benzene rings is 2. The predicted molar refractivity (Wildman–Crippen MR) is 116 cm³/mol. The minimum absolute atomic E-state index is 0.0830. The Morgan fingerprint density at radius 2 is 2.00 bits per heavy atom. The molecular weight excluding hydrogens is 376 g/mol. The number of anilines is 1. The van der Waals surface area contributed by atoms with Crippen LogP contribution in [0.15, 0.2) is 66.9 Å². The van der Waals surface area contributed by atoms with Gasteiger partial charge in [0, 0.05) is 28.9 Å². The highest BCUT2D eigenvalue weighted by atomic mass is 16.2. The number of pyridine rings is 1. The minimum atomic E-state index is -0.436. The standard InChI is InChI=1S/C24H22N4O2/c1-15-6-11-22(23(29)26-15)28-14-17-12-18(9-10-20(17)24(28)30)25-13-19-8-7-16-4-2-3-5-21(16)27-19/h2-5,7-10,12,22,25H,1,6,11,13-14H2,(H,26,29). The van der Waals surface area contributed by atoms with Crippen molar-refractivity contribution in [3.8, 4) is 0 Å². The van der Waals surface area contributed by atoms with Crippen LogP contribution in [0.25, 0.3) is 10.9 Å². The molecule has 1 saturated heterocycles. The van der Waals surface area contributed by atoms with Crippen molar-refractivity contribution in [1.82, 2.24) is 15.2 Å². The summed E-state index contributed by atoms with van der Waals surface area (Å²) >= 11 is 0. The zero-order valence-electron chi connectivity index (χ0n) is 16.5. The fourth-order valence-electron chi connectivity index (χ4n) is 4.16. The molecule has 1 aromatic heterocycles. The van der Waals surface area contributed by atoms with Crippen LogP contribution >= 0.6 is 0 Å². The molecule has 5 rings (SSSR count). The van der Waals surface area contributed by atoms with Gasteiger partial charge in [-0.25, -0.2) is 0 Å². The number of carbonyl (C=O) groups excluding carboxylic acids is 2. The second-order valence-corrected chi connectivity index (χ2v) is 7.80. The Hall–Kier alpha value is -3.67. The molecule has 0 radical (unpaired) electrons. The van der Waals surface area contributed by atoms with Crippen molar-refractivity contribution in [2.75, 3.05) is 5.32 Å². The number of para-hydroxylation sites is 1. The third-order valence-electron chi connectivity index (χ3n) is 5.77. The number of allylic oxidation sites excluding steroid dienone is 1. The van der Waals surface area contributed by atoms with E-state index in [9.17, 15) is 9.59 Å². The summed E-state index contributed by atoms with van der Waals surface area (Å²) in [5, 5.41) is 7.28. The number of aromatic nitrogens is 1. The Bertz CT molecular complexity index is 1190. The molecule has 1 fully saturated rings. The van der Waals surface area contributed by atoms with E-state index < -0.39 is 6.04 Å². The van der Waals surface area contributed by atoms with E-state index in [0.29, 0.717) is 37.2 Å². The number of nitrogens with one attached hydrogen (secondary N) is 2. The van der Waals surface area contributed by atoms with Gasteiger partial charge < -0.3 is 15.5 Å². The van der Waals surface area contributed by atoms with E-state index in [1.807, 2.05) is 48.5 Å². The normalized spacial score (nSPS) is 18.5. The number of amides is 2. The van der Waals surface area contributed by atoms with Crippen LogP contribution in [0, 0.1) is 0 Å². The molecule has 2 aromatic carbocycles. The van der Waals surface area contributed by atoms with Gasteiger partial charge >= 0.3 is 0 Å². The van der Waals surface area contributed by atoms with E-state index in [0.717, 1.165) is 27.8 Å². The quantitative estimate of drug-likeness (QED) is 0.704. The summed E-state index contributed by atoms with van der Waals surface area (Å²) < 4.78 is 0. The number of fused-ring (bicyclic) bond motifs is 2. The number of hydrogen-bond acceptors (Lipinski definition) is 4. The van der Waals surface area contributed by atoms with E-state index in [1.54, 1.807) is 4.90 Å². The van der Waals surface area contributed by atoms with Crippen molar-refractivity contribution >= 4 is 28.4 Å². The van der Waals surface area contributed by atoms with E-state index in [1.165, 1.54) is 0 Å². The maximum Gasteiger partial charge on any atom is 0.255 e. The maximum atomic E-state index is 12.8. The molecule has 30 heavy (non-hydrogen) atoms. The average molecular weight is 398 g/mol. The van der Waals surface area contributed by atoms with Gasteiger partial charge in [0.05, 0.1) is 17.8 Å². The van der Waals surface area contributed by atoms with Gasteiger partial charge in [-0.05, 0) is 48.7 Å². The highest BCUT2D eigenvalue weighted by molar-refractivity contribution is 6.01. The van der Waals surface area contributed by atoms with Crippen LogP contribution in [0.1, 0.15) is 34.5 Å². The highest BCUT2D eigenvalue weighted by Crippen LogP contribution is 2.30. The molecule has 2 aliphatic heterocycles. The van der Waals surface area contributed by atoms with Crippen LogP contribution in [-0.2, 0) is 17.9 Å². The van der Waals surface area contributed by atoms with E-state index in [4.69, 9.17) is 0 Å². The van der Waals surface area contributed by atoms with Crippen LogP contribution < -0.4 is 10.6 Å². The van der Waals surface area contributed by atoms with Gasteiger partial charge in [0.15, 0.2) is 0 Å². The van der Waals surface area contributed by atoms with Gasteiger partial charge in [-0.15, -0.1) is 0 Å². The lowest BCUT2D eigenvalue weighted by Gasteiger charge is -2.30. The van der Waals surface area contributed by atoms with Crippen molar-refractivity contribution < 1.29 is 9.59 Å². The second-order valence-electron chi connectivity index (χ2n) is 7.80. The van der Waals surface area contributed by atoms with E-state index >= 15 is 0 Å². The summed E-state index contributed by atoms with van der Waals surface area (Å²) in [7, 11) is 0. The molecule has 2 amide bonds. The van der Waals surface area contributed by atoms with Crippen LogP contribution in [0.2, 0.25) is 0 Å². The smallest absolute Gasteiger partial charge is 0.255 e. The SMILES string of the molecule is C=C1CCC(N2Cc3cc(NCc4ccc5ccccc5n4)ccc3C2=O)C(=O)N1. The van der Waals surface area contributed by atoms with Crippen molar-refractivity contribution in [2.24, 2.45) is 0 Å². The molecule has 0 spiro atoms. The van der Waals surface area contributed by atoms with E-state index in [2.05, 4.69) is 28.3 Å². The number of carbonyl (C=O) groups is 2. The van der Waals surface area contributed by atoms with Gasteiger partial charge in [-0.3, -0.25) is 14.6 Å². The summed E-state index contributed by atoms with van der Waals surface area (Å²) in [6.07, 6.45) is 1.31. The topological polar surface area (TPSA) is 74.3 Å². The molecule has 0 bridgehead atoms. The Balaban J connectivity index is 1.30.